The Morgan fingerprint density at radius 1 is 1.18 bits per heavy atom. The number of nitrogens with one attached hydrogen (secondary N) is 1. The number of nitro groups is 1. The van der Waals surface area contributed by atoms with E-state index in [0.717, 1.165) is 0 Å². The van der Waals surface area contributed by atoms with Crippen molar-refractivity contribution >= 4 is 23.3 Å². The van der Waals surface area contributed by atoms with Crippen LogP contribution in [0, 0.1) is 33.8 Å². The number of carboxylic acid groups (broad SMARTS) is 1. The molecule has 4 atom stereocenters. The quantitative estimate of drug-likeness (QED) is 0.500. The highest BCUT2D eigenvalue weighted by molar-refractivity contribution is 5.96. The van der Waals surface area contributed by atoms with Crippen molar-refractivity contribution in [1.82, 2.24) is 0 Å². The van der Waals surface area contributed by atoms with Crippen LogP contribution in [0.5, 0.6) is 0 Å². The summed E-state index contributed by atoms with van der Waals surface area (Å²) in [5.41, 5.74) is 0.144. The van der Waals surface area contributed by atoms with E-state index in [1.165, 1.54) is 24.3 Å². The zero-order valence-electron chi connectivity index (χ0n) is 11.5. The molecule has 0 saturated heterocycles. The number of aliphatic carboxylic acids is 1. The molecule has 1 aromatic rings. The van der Waals surface area contributed by atoms with Crippen LogP contribution >= 0.6 is 0 Å². The van der Waals surface area contributed by atoms with Gasteiger partial charge in [0.15, 0.2) is 0 Å². The molecule has 0 aromatic heterocycles. The van der Waals surface area contributed by atoms with Crippen LogP contribution in [-0.4, -0.2) is 16.8 Å². The first-order chi connectivity index (χ1) is 10.5. The Kier molecular flexibility index (Phi) is 3.40. The Hall–Kier alpha value is -2.70. The van der Waals surface area contributed by atoms with Gasteiger partial charge < -0.3 is 15.2 Å². The van der Waals surface area contributed by atoms with Crippen molar-refractivity contribution in [3.05, 3.63) is 46.5 Å². The molecule has 0 spiro atoms. The lowest BCUT2D eigenvalue weighted by Crippen LogP contribution is -2.42. The predicted octanol–water partition coefficient (Wildman–Crippen LogP) is 0.721. The van der Waals surface area contributed by atoms with E-state index in [-0.39, 0.29) is 23.2 Å². The Morgan fingerprint density at radius 2 is 1.86 bits per heavy atom. The van der Waals surface area contributed by atoms with Crippen LogP contribution in [0.2, 0.25) is 0 Å². The van der Waals surface area contributed by atoms with E-state index >= 15 is 0 Å². The van der Waals surface area contributed by atoms with Gasteiger partial charge in [-0.1, -0.05) is 18.2 Å². The summed E-state index contributed by atoms with van der Waals surface area (Å²) >= 11 is 0. The number of amides is 1. The number of nitrogens with zero attached hydrogens (tertiary/aromatic N) is 1. The molecule has 3 rings (SSSR count). The summed E-state index contributed by atoms with van der Waals surface area (Å²) in [6.45, 7) is 0. The van der Waals surface area contributed by atoms with Crippen LogP contribution in [-0.2, 0) is 9.59 Å². The summed E-state index contributed by atoms with van der Waals surface area (Å²) in [4.78, 5) is 33.9. The number of rotatable bonds is 4. The zero-order valence-corrected chi connectivity index (χ0v) is 11.5. The summed E-state index contributed by atoms with van der Waals surface area (Å²) in [6, 6.07) is 5.56. The van der Waals surface area contributed by atoms with Crippen molar-refractivity contribution in [3.63, 3.8) is 0 Å². The molecule has 0 heterocycles. The van der Waals surface area contributed by atoms with E-state index in [2.05, 4.69) is 5.32 Å². The molecular weight excluding hydrogens is 288 g/mol. The highest BCUT2D eigenvalue weighted by atomic mass is 16.6. The maximum absolute atomic E-state index is 12.4. The highest BCUT2D eigenvalue weighted by Crippen LogP contribution is 2.48. The lowest BCUT2D eigenvalue weighted by atomic mass is 9.82. The van der Waals surface area contributed by atoms with E-state index in [1.807, 2.05) is 12.2 Å². The van der Waals surface area contributed by atoms with Crippen LogP contribution in [0.15, 0.2) is 36.4 Å². The fourth-order valence-electron chi connectivity index (χ4n) is 3.42. The normalized spacial score (nSPS) is 28.5. The SMILES string of the molecule is O=C([O-])[C@@H]1[C@@H](C(=O)Nc2cccc([N+](=O)[O-])c2)[C@H]2C=C[C@H]1C2. The summed E-state index contributed by atoms with van der Waals surface area (Å²) in [7, 11) is 0. The third-order valence-electron chi connectivity index (χ3n) is 4.36. The highest BCUT2D eigenvalue weighted by Gasteiger charge is 2.48. The van der Waals surface area contributed by atoms with E-state index in [1.54, 1.807) is 0 Å². The number of hydrogen-bond donors (Lipinski definition) is 1. The van der Waals surface area contributed by atoms with Gasteiger partial charge in [0.2, 0.25) is 5.91 Å². The molecule has 1 N–H and O–H groups in total. The fourth-order valence-corrected chi connectivity index (χ4v) is 3.42. The zero-order chi connectivity index (χ0) is 15.9. The Morgan fingerprint density at radius 3 is 2.50 bits per heavy atom. The second kappa shape index (κ2) is 5.25. The Labute approximate surface area is 125 Å². The van der Waals surface area contributed by atoms with Crippen LogP contribution < -0.4 is 10.4 Å². The minimum atomic E-state index is -1.23. The number of carboxylic acids is 1. The van der Waals surface area contributed by atoms with Gasteiger partial charge in [-0.05, 0) is 24.3 Å². The van der Waals surface area contributed by atoms with E-state index in [9.17, 15) is 24.8 Å². The van der Waals surface area contributed by atoms with Crippen molar-refractivity contribution < 1.29 is 19.6 Å². The molecule has 1 aromatic carbocycles. The van der Waals surface area contributed by atoms with E-state index in [0.29, 0.717) is 6.42 Å². The number of fused-ring (bicyclic) bond motifs is 2. The number of benzene rings is 1. The second-order valence-electron chi connectivity index (χ2n) is 5.62. The average molecular weight is 301 g/mol. The third kappa shape index (κ3) is 2.34. The fraction of sp³-hybridized carbons (Fsp3) is 0.333. The first-order valence-corrected chi connectivity index (χ1v) is 6.92. The monoisotopic (exact) mass is 301 g/mol. The van der Waals surface area contributed by atoms with Crippen molar-refractivity contribution in [2.75, 3.05) is 5.32 Å². The van der Waals surface area contributed by atoms with Crippen molar-refractivity contribution in [2.24, 2.45) is 23.7 Å². The molecule has 1 amide bonds. The molecule has 114 valence electrons. The van der Waals surface area contributed by atoms with Gasteiger partial charge in [0, 0.05) is 29.7 Å². The van der Waals surface area contributed by atoms with Crippen molar-refractivity contribution in [1.29, 1.82) is 0 Å². The topological polar surface area (TPSA) is 112 Å². The number of non-ortho nitro benzene ring substituents is 1. The van der Waals surface area contributed by atoms with E-state index in [4.69, 9.17) is 0 Å². The number of hydrogen-bond acceptors (Lipinski definition) is 5. The number of nitro benzene ring substituents is 1. The molecule has 2 aliphatic rings. The largest absolute Gasteiger partial charge is 0.550 e. The summed E-state index contributed by atoms with van der Waals surface area (Å²) in [5.74, 6) is -3.49. The molecule has 1 saturated carbocycles. The maximum atomic E-state index is 12.4. The van der Waals surface area contributed by atoms with Crippen LogP contribution in [0.3, 0.4) is 0 Å². The van der Waals surface area contributed by atoms with Gasteiger partial charge in [0.25, 0.3) is 5.69 Å². The van der Waals surface area contributed by atoms with Crippen molar-refractivity contribution in [3.8, 4) is 0 Å². The van der Waals surface area contributed by atoms with Crippen molar-refractivity contribution in [2.45, 2.75) is 6.42 Å². The summed E-state index contributed by atoms with van der Waals surface area (Å²) in [6.07, 6.45) is 4.32. The predicted molar refractivity (Wildman–Crippen MR) is 74.5 cm³/mol. The standard InChI is InChI=1S/C15H14N2O5/c18-14(16-10-2-1-3-11(7-10)17(21)22)12-8-4-5-9(6-8)13(12)15(19)20/h1-5,7-9,12-13H,6H2,(H,16,18)(H,19,20)/p-1/t8-,9-,12-,13-/m0/s1. The second-order valence-corrected chi connectivity index (χ2v) is 5.62. The summed E-state index contributed by atoms with van der Waals surface area (Å²) in [5, 5.41) is 24.6. The minimum Gasteiger partial charge on any atom is -0.550 e. The Bertz CT molecular complexity index is 684. The number of allylic oxidation sites excluding steroid dienone is 2. The first-order valence-electron chi connectivity index (χ1n) is 6.92. The van der Waals surface area contributed by atoms with Gasteiger partial charge in [0.1, 0.15) is 0 Å². The lowest BCUT2D eigenvalue weighted by Gasteiger charge is -2.27. The van der Waals surface area contributed by atoms with Gasteiger partial charge >= 0.3 is 0 Å². The third-order valence-corrected chi connectivity index (χ3v) is 4.36. The first kappa shape index (κ1) is 14.2. The lowest BCUT2D eigenvalue weighted by molar-refractivity contribution is -0.384. The van der Waals surface area contributed by atoms with Gasteiger partial charge in [-0.15, -0.1) is 0 Å². The van der Waals surface area contributed by atoms with Gasteiger partial charge in [-0.2, -0.15) is 0 Å². The average Bonchev–Trinajstić information content (AvgIpc) is 3.07. The molecule has 22 heavy (non-hydrogen) atoms. The molecule has 0 radical (unpaired) electrons. The molecule has 7 heteroatoms. The molecule has 2 bridgehead atoms. The molecule has 1 fully saturated rings. The molecule has 0 aliphatic heterocycles. The van der Waals surface area contributed by atoms with Crippen LogP contribution in [0.4, 0.5) is 11.4 Å². The minimum absolute atomic E-state index is 0.119. The molecule has 0 unspecified atom stereocenters. The number of carbonyl (C=O) groups excluding carboxylic acids is 2. The van der Waals surface area contributed by atoms with Crippen LogP contribution in [0.1, 0.15) is 6.42 Å². The number of carbonyl (C=O) groups is 2. The molecule has 2 aliphatic carbocycles. The molecule has 7 nitrogen and oxygen atoms in total. The van der Waals surface area contributed by atoms with Crippen LogP contribution in [0.25, 0.3) is 0 Å². The van der Waals surface area contributed by atoms with Gasteiger partial charge in [0.05, 0.1) is 10.8 Å². The Balaban J connectivity index is 1.80. The van der Waals surface area contributed by atoms with E-state index < -0.39 is 28.6 Å². The van der Waals surface area contributed by atoms with Gasteiger partial charge in [-0.25, -0.2) is 0 Å². The van der Waals surface area contributed by atoms with Gasteiger partial charge in [-0.3, -0.25) is 14.9 Å². The summed E-state index contributed by atoms with van der Waals surface area (Å²) < 4.78 is 0. The number of anilines is 1. The maximum Gasteiger partial charge on any atom is 0.271 e. The smallest absolute Gasteiger partial charge is 0.271 e. The molecular formula is C15H13N2O5-.